The summed E-state index contributed by atoms with van der Waals surface area (Å²) in [7, 11) is 0. The predicted octanol–water partition coefficient (Wildman–Crippen LogP) is 6.54. The van der Waals surface area contributed by atoms with E-state index in [0.717, 1.165) is 31.0 Å². The molecule has 1 saturated heterocycles. The Kier molecular flexibility index (Phi) is 8.52. The first-order chi connectivity index (χ1) is 12.8. The van der Waals surface area contributed by atoms with Gasteiger partial charge in [-0.1, -0.05) is 25.5 Å². The van der Waals surface area contributed by atoms with Gasteiger partial charge < -0.3 is 9.47 Å². The van der Waals surface area contributed by atoms with Gasteiger partial charge in [-0.15, -0.1) is 0 Å². The van der Waals surface area contributed by atoms with E-state index in [9.17, 15) is 0 Å². The second kappa shape index (κ2) is 10.9. The Labute approximate surface area is 162 Å². The molecular formula is C24H42O2. The standard InChI is InChI=1S/C24H42O2/c1-3-5-23-15-10-20(18-26-23)7-6-19-8-11-21(12-9-19)22-13-16-24(17-14-22)25-4-2/h6-7,19-24H,3-5,8-18H2,1-2H3. The van der Waals surface area contributed by atoms with Crippen molar-refractivity contribution in [3.63, 3.8) is 0 Å². The number of hydrogen-bond donors (Lipinski definition) is 0. The van der Waals surface area contributed by atoms with Gasteiger partial charge in [-0.25, -0.2) is 0 Å². The summed E-state index contributed by atoms with van der Waals surface area (Å²) >= 11 is 0. The van der Waals surface area contributed by atoms with Crippen molar-refractivity contribution in [2.45, 2.75) is 103 Å². The van der Waals surface area contributed by atoms with Crippen molar-refractivity contribution in [2.75, 3.05) is 13.2 Å². The molecule has 150 valence electrons. The van der Waals surface area contributed by atoms with Crippen LogP contribution in [-0.2, 0) is 9.47 Å². The summed E-state index contributed by atoms with van der Waals surface area (Å²) in [5.74, 6) is 3.49. The second-order valence-electron chi connectivity index (χ2n) is 9.13. The molecule has 2 aliphatic carbocycles. The van der Waals surface area contributed by atoms with E-state index in [1.807, 2.05) is 0 Å². The second-order valence-corrected chi connectivity index (χ2v) is 9.13. The lowest BCUT2D eigenvalue weighted by molar-refractivity contribution is -0.00857. The van der Waals surface area contributed by atoms with Crippen LogP contribution in [0.15, 0.2) is 12.2 Å². The lowest BCUT2D eigenvalue weighted by Gasteiger charge is -2.37. The van der Waals surface area contributed by atoms with Gasteiger partial charge in [0.05, 0.1) is 18.8 Å². The summed E-state index contributed by atoms with van der Waals surface area (Å²) < 4.78 is 11.9. The molecule has 0 radical (unpaired) electrons. The molecular weight excluding hydrogens is 320 g/mol. The zero-order chi connectivity index (χ0) is 18.2. The lowest BCUT2D eigenvalue weighted by Crippen LogP contribution is -2.28. The van der Waals surface area contributed by atoms with E-state index in [0.29, 0.717) is 18.1 Å². The molecule has 26 heavy (non-hydrogen) atoms. The number of rotatable bonds is 7. The van der Waals surface area contributed by atoms with Crippen LogP contribution in [0.3, 0.4) is 0 Å². The van der Waals surface area contributed by atoms with Crippen molar-refractivity contribution >= 4 is 0 Å². The molecule has 1 aliphatic heterocycles. The molecule has 0 aromatic heterocycles. The van der Waals surface area contributed by atoms with Gasteiger partial charge in [0.2, 0.25) is 0 Å². The normalized spacial score (nSPS) is 39.3. The van der Waals surface area contributed by atoms with E-state index >= 15 is 0 Å². The molecule has 2 nitrogen and oxygen atoms in total. The van der Waals surface area contributed by atoms with Crippen LogP contribution in [0.5, 0.6) is 0 Å². The molecule has 2 unspecified atom stereocenters. The van der Waals surface area contributed by atoms with Gasteiger partial charge in [-0.2, -0.15) is 0 Å². The molecule has 0 aromatic rings. The quantitative estimate of drug-likeness (QED) is 0.479. The highest BCUT2D eigenvalue weighted by Gasteiger charge is 2.30. The topological polar surface area (TPSA) is 18.5 Å². The molecule has 2 atom stereocenters. The fourth-order valence-electron chi connectivity index (χ4n) is 5.61. The number of hydrogen-bond acceptors (Lipinski definition) is 2. The summed E-state index contributed by atoms with van der Waals surface area (Å²) in [4.78, 5) is 0. The average molecular weight is 363 g/mol. The van der Waals surface area contributed by atoms with Gasteiger partial charge >= 0.3 is 0 Å². The van der Waals surface area contributed by atoms with E-state index in [2.05, 4.69) is 26.0 Å². The SMILES string of the molecule is CCCC1CCC(C=CC2CCC(C3CCC(OCC)CC3)CC2)CO1. The highest BCUT2D eigenvalue weighted by Crippen LogP contribution is 2.41. The van der Waals surface area contributed by atoms with Crippen LogP contribution >= 0.6 is 0 Å². The Morgan fingerprint density at radius 3 is 1.96 bits per heavy atom. The molecule has 2 heteroatoms. The maximum Gasteiger partial charge on any atom is 0.0575 e. The van der Waals surface area contributed by atoms with E-state index in [1.165, 1.54) is 77.0 Å². The zero-order valence-corrected chi connectivity index (χ0v) is 17.3. The first kappa shape index (κ1) is 20.4. The van der Waals surface area contributed by atoms with Gasteiger partial charge in [0.25, 0.3) is 0 Å². The van der Waals surface area contributed by atoms with Crippen LogP contribution in [0.2, 0.25) is 0 Å². The lowest BCUT2D eigenvalue weighted by atomic mass is 9.70. The molecule has 3 rings (SSSR count). The molecule has 3 aliphatic rings. The van der Waals surface area contributed by atoms with E-state index in [-0.39, 0.29) is 0 Å². The Hall–Kier alpha value is -0.340. The van der Waals surface area contributed by atoms with Crippen LogP contribution < -0.4 is 0 Å². The minimum atomic E-state index is 0.540. The molecule has 1 heterocycles. The van der Waals surface area contributed by atoms with Crippen LogP contribution in [0, 0.1) is 23.7 Å². The van der Waals surface area contributed by atoms with Crippen LogP contribution in [0.4, 0.5) is 0 Å². The van der Waals surface area contributed by atoms with Crippen LogP contribution in [0.1, 0.15) is 90.9 Å². The van der Waals surface area contributed by atoms with Gasteiger partial charge in [0, 0.05) is 12.5 Å². The third kappa shape index (κ3) is 6.09. The van der Waals surface area contributed by atoms with E-state index < -0.39 is 0 Å². The van der Waals surface area contributed by atoms with Crippen LogP contribution in [-0.4, -0.2) is 25.4 Å². The minimum absolute atomic E-state index is 0.540. The number of ether oxygens (including phenoxy) is 2. The molecule has 3 fully saturated rings. The van der Waals surface area contributed by atoms with Gasteiger partial charge in [-0.05, 0) is 95.3 Å². The largest absolute Gasteiger partial charge is 0.379 e. The van der Waals surface area contributed by atoms with Crippen molar-refractivity contribution in [2.24, 2.45) is 23.7 Å². The molecule has 0 amide bonds. The highest BCUT2D eigenvalue weighted by molar-refractivity contribution is 4.96. The summed E-state index contributed by atoms with van der Waals surface area (Å²) in [6.07, 6.45) is 22.4. The zero-order valence-electron chi connectivity index (χ0n) is 17.3. The van der Waals surface area contributed by atoms with E-state index in [4.69, 9.17) is 9.47 Å². The molecule has 2 saturated carbocycles. The Bertz CT molecular complexity index is 394. The molecule has 0 N–H and O–H groups in total. The predicted molar refractivity (Wildman–Crippen MR) is 109 cm³/mol. The third-order valence-corrected chi connectivity index (χ3v) is 7.28. The fraction of sp³-hybridized carbons (Fsp3) is 0.917. The van der Waals surface area contributed by atoms with Gasteiger partial charge in [0.1, 0.15) is 0 Å². The van der Waals surface area contributed by atoms with Crippen molar-refractivity contribution in [3.8, 4) is 0 Å². The summed E-state index contributed by atoms with van der Waals surface area (Å²) in [5.41, 5.74) is 0. The van der Waals surface area contributed by atoms with E-state index in [1.54, 1.807) is 0 Å². The number of allylic oxidation sites excluding steroid dienone is 1. The third-order valence-electron chi connectivity index (χ3n) is 7.28. The average Bonchev–Trinajstić information content (AvgIpc) is 2.69. The Morgan fingerprint density at radius 2 is 1.38 bits per heavy atom. The van der Waals surface area contributed by atoms with Crippen molar-refractivity contribution in [1.82, 2.24) is 0 Å². The molecule has 0 bridgehead atoms. The van der Waals surface area contributed by atoms with Crippen LogP contribution in [0.25, 0.3) is 0 Å². The van der Waals surface area contributed by atoms with Gasteiger partial charge in [-0.3, -0.25) is 0 Å². The first-order valence-electron chi connectivity index (χ1n) is 11.7. The minimum Gasteiger partial charge on any atom is -0.379 e. The smallest absolute Gasteiger partial charge is 0.0575 e. The Morgan fingerprint density at radius 1 is 0.769 bits per heavy atom. The van der Waals surface area contributed by atoms with Crippen molar-refractivity contribution in [1.29, 1.82) is 0 Å². The first-order valence-corrected chi connectivity index (χ1v) is 11.7. The molecule has 0 spiro atoms. The Balaban J connectivity index is 1.33. The maximum atomic E-state index is 6.03. The van der Waals surface area contributed by atoms with Gasteiger partial charge in [0.15, 0.2) is 0 Å². The summed E-state index contributed by atoms with van der Waals surface area (Å²) in [5, 5.41) is 0. The summed E-state index contributed by atoms with van der Waals surface area (Å²) in [6.45, 7) is 6.23. The monoisotopic (exact) mass is 362 g/mol. The maximum absolute atomic E-state index is 6.03. The molecule has 0 aromatic carbocycles. The summed E-state index contributed by atoms with van der Waals surface area (Å²) in [6, 6.07) is 0. The van der Waals surface area contributed by atoms with Crippen molar-refractivity contribution < 1.29 is 9.47 Å². The highest BCUT2D eigenvalue weighted by atomic mass is 16.5. The fourth-order valence-corrected chi connectivity index (χ4v) is 5.61. The van der Waals surface area contributed by atoms with Crippen molar-refractivity contribution in [3.05, 3.63) is 12.2 Å².